The quantitative estimate of drug-likeness (QED) is 0.512. The van der Waals surface area contributed by atoms with E-state index in [2.05, 4.69) is 4.37 Å². The van der Waals surface area contributed by atoms with Gasteiger partial charge in [0.15, 0.2) is 0 Å². The third kappa shape index (κ3) is 2.48. The Morgan fingerprint density at radius 1 is 1.00 bits per heavy atom. The number of fused-ring (bicyclic) bond motifs is 2. The first-order valence-electron chi connectivity index (χ1n) is 9.36. The van der Waals surface area contributed by atoms with E-state index in [4.69, 9.17) is 4.74 Å². The van der Waals surface area contributed by atoms with Gasteiger partial charge in [0.1, 0.15) is 5.75 Å². The molecule has 2 heterocycles. The molecule has 0 atom stereocenters. The fourth-order valence-electron chi connectivity index (χ4n) is 4.11. The summed E-state index contributed by atoms with van der Waals surface area (Å²) in [5, 5.41) is 22.5. The summed E-state index contributed by atoms with van der Waals surface area (Å²) < 4.78 is 12.7. The van der Waals surface area contributed by atoms with Crippen LogP contribution in [0.25, 0.3) is 27.0 Å². The second kappa shape index (κ2) is 6.56. The predicted octanol–water partition coefficient (Wildman–Crippen LogP) is 5.05. The number of para-hydroxylation sites is 1. The average molecular weight is 392 g/mol. The molecule has 2 aromatic heterocycles. The van der Waals surface area contributed by atoms with Crippen molar-refractivity contribution in [3.8, 4) is 34.5 Å². The normalized spacial score (nSPS) is 13.6. The second-order valence-corrected chi connectivity index (χ2v) is 7.86. The standard InChI is InChI=1S/C22H20N2O3S/c1-27-18-9-5-4-8-16(18)20-17-12-13(10-11-19(17)28-23-20)24-21(25)14-6-2-3-7-15(14)22(24)26/h4-5,8-12,25-26H,2-3,6-7H2,1H3. The summed E-state index contributed by atoms with van der Waals surface area (Å²) in [7, 11) is 1.65. The molecule has 142 valence electrons. The molecule has 0 fully saturated rings. The molecule has 0 saturated carbocycles. The topological polar surface area (TPSA) is 67.5 Å². The minimum absolute atomic E-state index is 0.147. The number of aromatic hydroxyl groups is 2. The summed E-state index contributed by atoms with van der Waals surface area (Å²) in [5.74, 6) is 1.06. The van der Waals surface area contributed by atoms with Gasteiger partial charge in [0.2, 0.25) is 11.8 Å². The van der Waals surface area contributed by atoms with E-state index in [1.807, 2.05) is 42.5 Å². The van der Waals surface area contributed by atoms with Gasteiger partial charge in [-0.05, 0) is 67.5 Å². The van der Waals surface area contributed by atoms with Crippen LogP contribution in [0.15, 0.2) is 42.5 Å². The number of hydrogen-bond donors (Lipinski definition) is 2. The molecule has 0 unspecified atom stereocenters. The zero-order valence-corrected chi connectivity index (χ0v) is 16.3. The van der Waals surface area contributed by atoms with Crippen LogP contribution in [-0.2, 0) is 12.8 Å². The summed E-state index contributed by atoms with van der Waals surface area (Å²) in [6.07, 6.45) is 3.68. The van der Waals surface area contributed by atoms with Crippen molar-refractivity contribution < 1.29 is 14.9 Å². The minimum Gasteiger partial charge on any atom is -0.496 e. The Labute approximate surface area is 166 Å². The predicted molar refractivity (Wildman–Crippen MR) is 111 cm³/mol. The van der Waals surface area contributed by atoms with Crippen LogP contribution in [-0.4, -0.2) is 26.3 Å². The molecule has 0 bridgehead atoms. The van der Waals surface area contributed by atoms with Gasteiger partial charge < -0.3 is 14.9 Å². The fraction of sp³-hybridized carbons (Fsp3) is 0.227. The Morgan fingerprint density at radius 3 is 2.43 bits per heavy atom. The fourth-order valence-corrected chi connectivity index (χ4v) is 4.88. The zero-order chi connectivity index (χ0) is 19.3. The molecule has 1 aliphatic carbocycles. The summed E-state index contributed by atoms with van der Waals surface area (Å²) in [6.45, 7) is 0. The largest absolute Gasteiger partial charge is 0.496 e. The second-order valence-electron chi connectivity index (χ2n) is 7.06. The number of nitrogens with zero attached hydrogens (tertiary/aromatic N) is 2. The third-order valence-electron chi connectivity index (χ3n) is 5.51. The van der Waals surface area contributed by atoms with Crippen molar-refractivity contribution in [2.45, 2.75) is 25.7 Å². The minimum atomic E-state index is 0.147. The van der Waals surface area contributed by atoms with Gasteiger partial charge in [0, 0.05) is 22.1 Å². The van der Waals surface area contributed by atoms with Crippen LogP contribution >= 0.6 is 11.5 Å². The SMILES string of the molecule is COc1ccccc1-c1nsc2ccc(-n3c(O)c4c(c3O)CCCC4)cc12. The lowest BCUT2D eigenvalue weighted by atomic mass is 9.95. The Kier molecular flexibility index (Phi) is 4.02. The van der Waals surface area contributed by atoms with Crippen LogP contribution in [0.5, 0.6) is 17.5 Å². The highest BCUT2D eigenvalue weighted by molar-refractivity contribution is 7.13. The molecular formula is C22H20N2O3S. The van der Waals surface area contributed by atoms with Crippen LogP contribution in [0.3, 0.4) is 0 Å². The molecule has 0 saturated heterocycles. The number of benzene rings is 2. The van der Waals surface area contributed by atoms with E-state index in [0.717, 1.165) is 69.6 Å². The molecule has 1 aliphatic rings. The van der Waals surface area contributed by atoms with Gasteiger partial charge in [-0.1, -0.05) is 12.1 Å². The van der Waals surface area contributed by atoms with Crippen molar-refractivity contribution in [1.29, 1.82) is 0 Å². The van der Waals surface area contributed by atoms with Gasteiger partial charge in [0.25, 0.3) is 0 Å². The Bertz CT molecular complexity index is 1160. The van der Waals surface area contributed by atoms with E-state index >= 15 is 0 Å². The smallest absolute Gasteiger partial charge is 0.202 e. The van der Waals surface area contributed by atoms with E-state index < -0.39 is 0 Å². The lowest BCUT2D eigenvalue weighted by Crippen LogP contribution is -1.98. The van der Waals surface area contributed by atoms with Crippen molar-refractivity contribution >= 4 is 21.6 Å². The molecule has 2 aromatic carbocycles. The molecule has 0 amide bonds. The molecule has 28 heavy (non-hydrogen) atoms. The first-order valence-corrected chi connectivity index (χ1v) is 10.1. The van der Waals surface area contributed by atoms with Gasteiger partial charge in [-0.25, -0.2) is 0 Å². The maximum absolute atomic E-state index is 10.8. The third-order valence-corrected chi connectivity index (χ3v) is 6.33. The summed E-state index contributed by atoms with van der Waals surface area (Å²) in [6, 6.07) is 13.7. The molecule has 0 radical (unpaired) electrons. The lowest BCUT2D eigenvalue weighted by Gasteiger charge is -2.09. The molecule has 5 rings (SSSR count). The summed E-state index contributed by atoms with van der Waals surface area (Å²) in [4.78, 5) is 0. The zero-order valence-electron chi connectivity index (χ0n) is 15.5. The van der Waals surface area contributed by atoms with Gasteiger partial charge in [-0.15, -0.1) is 0 Å². The van der Waals surface area contributed by atoms with Gasteiger partial charge in [-0.3, -0.25) is 4.57 Å². The highest BCUT2D eigenvalue weighted by Crippen LogP contribution is 2.42. The molecule has 6 heteroatoms. The van der Waals surface area contributed by atoms with Crippen molar-refractivity contribution in [3.05, 3.63) is 53.6 Å². The molecule has 0 aliphatic heterocycles. The van der Waals surface area contributed by atoms with Crippen LogP contribution in [0.2, 0.25) is 0 Å². The number of rotatable bonds is 3. The van der Waals surface area contributed by atoms with E-state index in [1.54, 1.807) is 11.7 Å². The van der Waals surface area contributed by atoms with Crippen LogP contribution in [0.1, 0.15) is 24.0 Å². The molecule has 2 N–H and O–H groups in total. The van der Waals surface area contributed by atoms with E-state index in [9.17, 15) is 10.2 Å². The Morgan fingerprint density at radius 2 is 1.71 bits per heavy atom. The van der Waals surface area contributed by atoms with Crippen LogP contribution in [0, 0.1) is 0 Å². The van der Waals surface area contributed by atoms with Crippen molar-refractivity contribution in [3.63, 3.8) is 0 Å². The molecule has 4 aromatic rings. The van der Waals surface area contributed by atoms with Gasteiger partial charge in [-0.2, -0.15) is 4.37 Å². The first-order chi connectivity index (χ1) is 13.7. The number of methoxy groups -OCH3 is 1. The highest BCUT2D eigenvalue weighted by atomic mass is 32.1. The number of ether oxygens (including phenoxy) is 1. The summed E-state index contributed by atoms with van der Waals surface area (Å²) in [5.41, 5.74) is 4.24. The van der Waals surface area contributed by atoms with Crippen molar-refractivity contribution in [1.82, 2.24) is 8.94 Å². The molecule has 0 spiro atoms. The summed E-state index contributed by atoms with van der Waals surface area (Å²) >= 11 is 1.43. The maximum Gasteiger partial charge on any atom is 0.202 e. The Balaban J connectivity index is 1.71. The number of aromatic nitrogens is 2. The maximum atomic E-state index is 10.8. The van der Waals surface area contributed by atoms with Crippen molar-refractivity contribution in [2.24, 2.45) is 0 Å². The molecule has 5 nitrogen and oxygen atoms in total. The van der Waals surface area contributed by atoms with E-state index in [-0.39, 0.29) is 11.8 Å². The van der Waals surface area contributed by atoms with Crippen molar-refractivity contribution in [2.75, 3.05) is 7.11 Å². The van der Waals surface area contributed by atoms with Crippen LogP contribution in [0.4, 0.5) is 0 Å². The number of hydrogen-bond acceptors (Lipinski definition) is 5. The van der Waals surface area contributed by atoms with Gasteiger partial charge in [0.05, 0.1) is 23.2 Å². The van der Waals surface area contributed by atoms with E-state index in [1.165, 1.54) is 11.5 Å². The monoisotopic (exact) mass is 392 g/mol. The van der Waals surface area contributed by atoms with Crippen LogP contribution < -0.4 is 4.74 Å². The molecular weight excluding hydrogens is 372 g/mol. The van der Waals surface area contributed by atoms with Gasteiger partial charge >= 0.3 is 0 Å². The van der Waals surface area contributed by atoms with E-state index in [0.29, 0.717) is 0 Å². The highest BCUT2D eigenvalue weighted by Gasteiger charge is 2.25. The average Bonchev–Trinajstić information content (AvgIpc) is 3.27. The first kappa shape index (κ1) is 17.1. The Hall–Kier alpha value is -2.99. The lowest BCUT2D eigenvalue weighted by molar-refractivity contribution is 0.399.